The molecule has 0 N–H and O–H groups in total. The molecule has 0 fully saturated rings. The summed E-state index contributed by atoms with van der Waals surface area (Å²) < 4.78 is 31.8. The van der Waals surface area contributed by atoms with Crippen molar-refractivity contribution >= 4 is 38.5 Å². The fourth-order valence-corrected chi connectivity index (χ4v) is 4.24. The van der Waals surface area contributed by atoms with E-state index in [1.807, 2.05) is 36.4 Å². The van der Waals surface area contributed by atoms with E-state index in [9.17, 15) is 13.2 Å². The lowest BCUT2D eigenvalue weighted by Crippen LogP contribution is -2.35. The van der Waals surface area contributed by atoms with Crippen molar-refractivity contribution in [2.45, 2.75) is 30.8 Å². The molecule has 1 aliphatic heterocycles. The molecule has 0 unspecified atom stereocenters. The number of hydrogen-bond donors (Lipinski definition) is 0. The Bertz CT molecular complexity index is 654. The van der Waals surface area contributed by atoms with Crippen LogP contribution in [0.3, 0.4) is 0 Å². The number of nitrogens with zero attached hydrogens (tertiary/aromatic N) is 1. The summed E-state index contributed by atoms with van der Waals surface area (Å²) >= 11 is 2.03. The van der Waals surface area contributed by atoms with Gasteiger partial charge in [0.25, 0.3) is 15.9 Å². The Morgan fingerprint density at radius 1 is 1.35 bits per heavy atom. The van der Waals surface area contributed by atoms with E-state index in [2.05, 4.69) is 0 Å². The molecule has 1 aromatic carbocycles. The van der Waals surface area contributed by atoms with Gasteiger partial charge in [0.05, 0.1) is 11.2 Å². The predicted octanol–water partition coefficient (Wildman–Crippen LogP) is 2.25. The van der Waals surface area contributed by atoms with Crippen molar-refractivity contribution < 1.29 is 17.9 Å². The number of hydrogen-bond acceptors (Lipinski definition) is 4. The van der Waals surface area contributed by atoms with Crippen LogP contribution in [0.5, 0.6) is 0 Å². The summed E-state index contributed by atoms with van der Waals surface area (Å²) in [5, 5.41) is 0. The van der Waals surface area contributed by atoms with E-state index in [0.29, 0.717) is 6.42 Å². The van der Waals surface area contributed by atoms with Gasteiger partial charge in [-0.1, -0.05) is 0 Å². The van der Waals surface area contributed by atoms with Gasteiger partial charge in [0.2, 0.25) is 0 Å². The maximum atomic E-state index is 12.4. The molecule has 1 amide bonds. The fourth-order valence-electron chi connectivity index (χ4n) is 1.94. The quantitative estimate of drug-likeness (QED) is 0.716. The van der Waals surface area contributed by atoms with Gasteiger partial charge in [0, 0.05) is 17.2 Å². The van der Waals surface area contributed by atoms with E-state index in [4.69, 9.17) is 4.74 Å². The van der Waals surface area contributed by atoms with E-state index in [1.165, 1.54) is 6.07 Å². The Kier molecular flexibility index (Phi) is 4.14. The maximum Gasteiger partial charge on any atom is 0.269 e. The molecule has 0 spiro atoms. The molecule has 1 heterocycles. The summed E-state index contributed by atoms with van der Waals surface area (Å²) in [5.74, 6) is -0.455. The number of ether oxygens (including phenoxy) is 1. The topological polar surface area (TPSA) is 63.7 Å². The zero-order valence-electron chi connectivity index (χ0n) is 11.5. The van der Waals surface area contributed by atoms with Gasteiger partial charge in [-0.05, 0) is 61.1 Å². The lowest BCUT2D eigenvalue weighted by atomic mass is 10.1. The highest BCUT2D eigenvalue weighted by molar-refractivity contribution is 14.1. The van der Waals surface area contributed by atoms with Crippen molar-refractivity contribution in [3.63, 3.8) is 0 Å². The number of amides is 1. The minimum atomic E-state index is -3.73. The zero-order chi connectivity index (χ0) is 15.1. The number of rotatable bonds is 4. The summed E-state index contributed by atoms with van der Waals surface area (Å²) in [4.78, 5) is 12.3. The highest BCUT2D eigenvalue weighted by Crippen LogP contribution is 2.32. The Balaban J connectivity index is 2.33. The highest BCUT2D eigenvalue weighted by Gasteiger charge is 2.41. The first kappa shape index (κ1) is 15.7. The van der Waals surface area contributed by atoms with Crippen LogP contribution in [0.15, 0.2) is 23.1 Å². The second-order valence-corrected chi connectivity index (χ2v) is 8.31. The normalized spacial score (nSPS) is 17.4. The lowest BCUT2D eigenvalue weighted by molar-refractivity contribution is 0.0125. The first-order valence-electron chi connectivity index (χ1n) is 6.11. The van der Waals surface area contributed by atoms with Gasteiger partial charge in [-0.2, -0.15) is 0 Å². The van der Waals surface area contributed by atoms with Crippen LogP contribution in [0.2, 0.25) is 0 Å². The molecule has 1 aromatic rings. The van der Waals surface area contributed by atoms with Gasteiger partial charge >= 0.3 is 0 Å². The van der Waals surface area contributed by atoms with Gasteiger partial charge < -0.3 is 4.74 Å². The van der Waals surface area contributed by atoms with Crippen molar-refractivity contribution in [2.75, 3.05) is 13.7 Å². The number of benzene rings is 1. The van der Waals surface area contributed by atoms with Crippen LogP contribution in [0.1, 0.15) is 30.6 Å². The van der Waals surface area contributed by atoms with Gasteiger partial charge in [-0.25, -0.2) is 12.7 Å². The molecule has 20 heavy (non-hydrogen) atoms. The first-order chi connectivity index (χ1) is 9.19. The van der Waals surface area contributed by atoms with Crippen LogP contribution in [-0.4, -0.2) is 37.9 Å². The van der Waals surface area contributed by atoms with Crippen molar-refractivity contribution in [1.82, 2.24) is 4.31 Å². The van der Waals surface area contributed by atoms with E-state index in [1.54, 1.807) is 19.2 Å². The molecular formula is C13H16INO4S. The number of sulfonamides is 1. The van der Waals surface area contributed by atoms with E-state index in [0.717, 1.165) is 7.88 Å². The molecule has 5 nitrogen and oxygen atoms in total. The smallest absolute Gasteiger partial charge is 0.269 e. The summed E-state index contributed by atoms with van der Waals surface area (Å²) in [6.45, 7) is 3.83. The molecule has 7 heteroatoms. The minimum absolute atomic E-state index is 0.102. The van der Waals surface area contributed by atoms with Crippen molar-refractivity contribution in [2.24, 2.45) is 0 Å². The molecule has 0 saturated carbocycles. The summed E-state index contributed by atoms with van der Waals surface area (Å²) in [6.07, 6.45) is 0.444. The van der Waals surface area contributed by atoms with Crippen LogP contribution in [0, 0.1) is 3.57 Å². The minimum Gasteiger partial charge on any atom is -0.379 e. The number of carbonyl (C=O) groups is 1. The molecule has 0 radical (unpaired) electrons. The lowest BCUT2D eigenvalue weighted by Gasteiger charge is -2.25. The zero-order valence-corrected chi connectivity index (χ0v) is 14.5. The average molecular weight is 409 g/mol. The third-order valence-corrected chi connectivity index (χ3v) is 5.93. The van der Waals surface area contributed by atoms with Crippen molar-refractivity contribution in [3.05, 3.63) is 27.3 Å². The number of halogens is 1. The van der Waals surface area contributed by atoms with E-state index < -0.39 is 21.5 Å². The maximum absolute atomic E-state index is 12.4. The second-order valence-electron chi connectivity index (χ2n) is 5.24. The molecule has 0 aromatic heterocycles. The van der Waals surface area contributed by atoms with Crippen LogP contribution in [0.25, 0.3) is 0 Å². The van der Waals surface area contributed by atoms with Crippen molar-refractivity contribution in [3.8, 4) is 0 Å². The van der Waals surface area contributed by atoms with Gasteiger partial charge in [-0.3, -0.25) is 4.79 Å². The molecule has 110 valence electrons. The average Bonchev–Trinajstić information content (AvgIpc) is 2.55. The monoisotopic (exact) mass is 409 g/mol. The van der Waals surface area contributed by atoms with Crippen LogP contribution in [-0.2, 0) is 14.8 Å². The Labute approximate surface area is 132 Å². The first-order valence-corrected chi connectivity index (χ1v) is 8.63. The van der Waals surface area contributed by atoms with Crippen molar-refractivity contribution in [1.29, 1.82) is 0 Å². The largest absolute Gasteiger partial charge is 0.379 e. The van der Waals surface area contributed by atoms with Crippen LogP contribution < -0.4 is 0 Å². The molecule has 0 saturated heterocycles. The molecule has 0 bridgehead atoms. The highest BCUT2D eigenvalue weighted by atomic mass is 127. The van der Waals surface area contributed by atoms with Crippen LogP contribution >= 0.6 is 22.6 Å². The standard InChI is InChI=1S/C13H16INO4S/c1-13(2,19-3)6-7-15-12(16)10-5-4-9(14)8-11(10)20(15,17)18/h4-5,8H,6-7H2,1-3H3. The van der Waals surface area contributed by atoms with Gasteiger partial charge in [-0.15, -0.1) is 0 Å². The second kappa shape index (κ2) is 5.27. The van der Waals surface area contributed by atoms with Crippen LogP contribution in [0.4, 0.5) is 0 Å². The molecule has 0 aliphatic carbocycles. The van der Waals surface area contributed by atoms with E-state index in [-0.39, 0.29) is 17.0 Å². The predicted molar refractivity (Wildman–Crippen MR) is 83.1 cm³/mol. The third kappa shape index (κ3) is 2.71. The Hall–Kier alpha value is -0.670. The summed E-state index contributed by atoms with van der Waals surface area (Å²) in [5.41, 5.74) is -0.223. The summed E-state index contributed by atoms with van der Waals surface area (Å²) in [7, 11) is -2.16. The van der Waals surface area contributed by atoms with E-state index >= 15 is 0 Å². The van der Waals surface area contributed by atoms with Gasteiger partial charge in [0.1, 0.15) is 4.90 Å². The molecule has 1 aliphatic rings. The number of carbonyl (C=O) groups excluding carboxylic acids is 1. The number of fused-ring (bicyclic) bond motifs is 1. The molecule has 0 atom stereocenters. The summed E-state index contributed by atoms with van der Waals surface area (Å²) in [6, 6.07) is 4.83. The Morgan fingerprint density at radius 3 is 2.60 bits per heavy atom. The molecular weight excluding hydrogens is 393 g/mol. The Morgan fingerprint density at radius 2 is 2.00 bits per heavy atom. The number of methoxy groups -OCH3 is 1. The molecule has 2 rings (SSSR count). The SMILES string of the molecule is COC(C)(C)CCN1C(=O)c2ccc(I)cc2S1(=O)=O. The van der Waals surface area contributed by atoms with Gasteiger partial charge in [0.15, 0.2) is 0 Å². The third-order valence-electron chi connectivity index (χ3n) is 3.44. The fraction of sp³-hybridized carbons (Fsp3) is 0.462.